The second-order valence-electron chi connectivity index (χ2n) is 4.95. The number of thiazole rings is 1. The third kappa shape index (κ3) is 4.52. The molecule has 0 radical (unpaired) electrons. The fourth-order valence-electron chi connectivity index (χ4n) is 2.04. The highest BCUT2D eigenvalue weighted by molar-refractivity contribution is 7.85. The second kappa shape index (κ2) is 6.55. The van der Waals surface area contributed by atoms with Crippen molar-refractivity contribution in [2.75, 3.05) is 5.84 Å². The lowest BCUT2D eigenvalue weighted by Crippen LogP contribution is -2.44. The zero-order valence-corrected chi connectivity index (χ0v) is 14.4. The maximum Gasteiger partial charge on any atom is 0.254 e. The Morgan fingerprint density at radius 2 is 1.57 bits per heavy atom. The van der Waals surface area contributed by atoms with Crippen LogP contribution in [0.2, 0.25) is 0 Å². The number of benzene rings is 1. The van der Waals surface area contributed by atoms with E-state index in [1.807, 2.05) is 19.4 Å². The molecule has 0 unspecified atom stereocenters. The van der Waals surface area contributed by atoms with E-state index in [2.05, 4.69) is 6.92 Å². The summed E-state index contributed by atoms with van der Waals surface area (Å²) in [5.74, 6) is 5.47. The van der Waals surface area contributed by atoms with Crippen LogP contribution in [-0.4, -0.2) is 13.0 Å². The van der Waals surface area contributed by atoms with E-state index in [4.69, 9.17) is 5.84 Å². The monoisotopic (exact) mass is 328 g/mol. The largest absolute Gasteiger partial charge is 0.744 e. The van der Waals surface area contributed by atoms with Crippen LogP contribution in [0.5, 0.6) is 0 Å². The first kappa shape index (κ1) is 17.6. The SMILES string of the molecule is Cc1cc(C)c(S(=O)(=O)[O-])c(C)c1.Cc1sc[n+](N)c1C. The number of nitrogens with zero attached hydrogens (tertiary/aromatic N) is 1. The fraction of sp³-hybridized carbons (Fsp3) is 0.357. The van der Waals surface area contributed by atoms with Gasteiger partial charge in [0.05, 0.1) is 9.77 Å². The predicted molar refractivity (Wildman–Crippen MR) is 82.8 cm³/mol. The van der Waals surface area contributed by atoms with Gasteiger partial charge in [0.25, 0.3) is 5.51 Å². The molecule has 1 aromatic carbocycles. The summed E-state index contributed by atoms with van der Waals surface area (Å²) >= 11 is 1.67. The fourth-order valence-corrected chi connectivity index (χ4v) is 3.66. The summed E-state index contributed by atoms with van der Waals surface area (Å²) in [5, 5.41) is 0. The minimum Gasteiger partial charge on any atom is -0.744 e. The highest BCUT2D eigenvalue weighted by Gasteiger charge is 2.09. The zero-order valence-electron chi connectivity index (χ0n) is 12.8. The van der Waals surface area contributed by atoms with Crippen molar-refractivity contribution in [1.82, 2.24) is 0 Å². The van der Waals surface area contributed by atoms with Crippen molar-refractivity contribution in [2.45, 2.75) is 39.5 Å². The molecule has 2 rings (SSSR count). The lowest BCUT2D eigenvalue weighted by molar-refractivity contribution is -0.640. The first-order valence-corrected chi connectivity index (χ1v) is 8.58. The third-order valence-electron chi connectivity index (χ3n) is 3.09. The van der Waals surface area contributed by atoms with Gasteiger partial charge in [0.2, 0.25) is 5.69 Å². The molecule has 2 aromatic rings. The number of nitrogen functional groups attached to an aromatic ring is 1. The van der Waals surface area contributed by atoms with Crippen LogP contribution in [0.4, 0.5) is 0 Å². The van der Waals surface area contributed by atoms with Gasteiger partial charge in [-0.1, -0.05) is 33.7 Å². The average Bonchev–Trinajstić information content (AvgIpc) is 2.58. The number of aromatic nitrogens is 1. The van der Waals surface area contributed by atoms with Crippen LogP contribution in [0.25, 0.3) is 0 Å². The van der Waals surface area contributed by atoms with Crippen LogP contribution in [-0.2, 0) is 10.1 Å². The number of hydrogen-bond acceptors (Lipinski definition) is 5. The standard InChI is InChI=1S/C9H12O3S.C5H9N2S/c1-6-4-7(2)9(8(3)5-6)13(10,11)12;1-4-5(2)8-3-7(4)6/h4-5H,1-3H3,(H,10,11,12);3H,6H2,1-2H3/q;+1/p-1. The van der Waals surface area contributed by atoms with Crippen molar-refractivity contribution in [3.63, 3.8) is 0 Å². The molecule has 0 aliphatic carbocycles. The van der Waals surface area contributed by atoms with Crippen molar-refractivity contribution < 1.29 is 17.6 Å². The van der Waals surface area contributed by atoms with E-state index in [0.29, 0.717) is 11.1 Å². The molecule has 0 aliphatic heterocycles. The first-order chi connectivity index (χ1) is 9.54. The Morgan fingerprint density at radius 1 is 1.10 bits per heavy atom. The molecule has 5 nitrogen and oxygen atoms in total. The predicted octanol–water partition coefficient (Wildman–Crippen LogP) is 1.88. The quantitative estimate of drug-likeness (QED) is 0.492. The van der Waals surface area contributed by atoms with Gasteiger partial charge in [-0.15, -0.1) is 0 Å². The average molecular weight is 328 g/mol. The summed E-state index contributed by atoms with van der Waals surface area (Å²) in [6.45, 7) is 9.19. The minimum atomic E-state index is -4.33. The second-order valence-corrected chi connectivity index (χ2v) is 7.33. The van der Waals surface area contributed by atoms with E-state index in [0.717, 1.165) is 11.3 Å². The lowest BCUT2D eigenvalue weighted by Gasteiger charge is -2.14. The molecule has 21 heavy (non-hydrogen) atoms. The number of nitrogens with two attached hydrogens (primary N) is 1. The molecule has 0 fully saturated rings. The summed E-state index contributed by atoms with van der Waals surface area (Å²) in [6.07, 6.45) is 0. The van der Waals surface area contributed by atoms with Crippen molar-refractivity contribution in [2.24, 2.45) is 0 Å². The maximum atomic E-state index is 10.8. The van der Waals surface area contributed by atoms with Crippen molar-refractivity contribution >= 4 is 21.5 Å². The Hall–Kier alpha value is -1.44. The van der Waals surface area contributed by atoms with E-state index in [-0.39, 0.29) is 4.90 Å². The van der Waals surface area contributed by atoms with Crippen LogP contribution in [0.3, 0.4) is 0 Å². The van der Waals surface area contributed by atoms with Gasteiger partial charge in [0, 0.05) is 6.92 Å². The molecule has 0 amide bonds. The Balaban J connectivity index is 0.000000235. The van der Waals surface area contributed by atoms with Crippen molar-refractivity contribution in [3.05, 3.63) is 44.9 Å². The lowest BCUT2D eigenvalue weighted by atomic mass is 10.1. The van der Waals surface area contributed by atoms with Gasteiger partial charge in [0.15, 0.2) is 0 Å². The molecule has 0 spiro atoms. The molecule has 116 valence electrons. The summed E-state index contributed by atoms with van der Waals surface area (Å²) in [7, 11) is -4.33. The van der Waals surface area contributed by atoms with E-state index >= 15 is 0 Å². The van der Waals surface area contributed by atoms with Crippen LogP contribution in [0.15, 0.2) is 22.5 Å². The Kier molecular flexibility index (Phi) is 5.49. The summed E-state index contributed by atoms with van der Waals surface area (Å²) in [6, 6.07) is 3.38. The maximum absolute atomic E-state index is 10.8. The molecule has 0 atom stereocenters. The van der Waals surface area contributed by atoms with Gasteiger partial charge >= 0.3 is 0 Å². The van der Waals surface area contributed by atoms with Crippen LogP contribution >= 0.6 is 11.3 Å². The number of rotatable bonds is 1. The minimum absolute atomic E-state index is 0.0851. The Bertz CT molecular complexity index is 707. The molecule has 7 heteroatoms. The van der Waals surface area contributed by atoms with Gasteiger partial charge in [0.1, 0.15) is 10.1 Å². The number of aryl methyl sites for hydroxylation is 4. The molecule has 1 aromatic heterocycles. The van der Waals surface area contributed by atoms with Gasteiger partial charge in [-0.2, -0.15) is 0 Å². The highest BCUT2D eigenvalue weighted by Crippen LogP contribution is 2.20. The van der Waals surface area contributed by atoms with Gasteiger partial charge in [-0.3, -0.25) is 0 Å². The van der Waals surface area contributed by atoms with Crippen LogP contribution in [0, 0.1) is 34.6 Å². The molecule has 2 N–H and O–H groups in total. The van der Waals surface area contributed by atoms with E-state index in [1.54, 1.807) is 42.0 Å². The van der Waals surface area contributed by atoms with Crippen LogP contribution < -0.4 is 10.5 Å². The zero-order chi connectivity index (χ0) is 16.4. The third-order valence-corrected chi connectivity index (χ3v) is 5.22. The molecule has 1 heterocycles. The summed E-state index contributed by atoms with van der Waals surface area (Å²) < 4.78 is 34.1. The van der Waals surface area contributed by atoms with Gasteiger partial charge in [-0.25, -0.2) is 14.3 Å². The number of hydrogen-bond donors (Lipinski definition) is 1. The summed E-state index contributed by atoms with van der Waals surface area (Å²) in [5.41, 5.74) is 5.04. The van der Waals surface area contributed by atoms with E-state index in [1.165, 1.54) is 4.88 Å². The molecule has 0 saturated heterocycles. The molecule has 0 saturated carbocycles. The van der Waals surface area contributed by atoms with Gasteiger partial charge in [-0.05, 0) is 38.8 Å². The van der Waals surface area contributed by atoms with Crippen molar-refractivity contribution in [3.8, 4) is 0 Å². The molecular weight excluding hydrogens is 308 g/mol. The molecule has 0 bridgehead atoms. The summed E-state index contributed by atoms with van der Waals surface area (Å²) in [4.78, 5) is 1.20. The van der Waals surface area contributed by atoms with E-state index in [9.17, 15) is 13.0 Å². The molecular formula is C14H20N2O3S2. The van der Waals surface area contributed by atoms with Crippen molar-refractivity contribution in [1.29, 1.82) is 0 Å². The van der Waals surface area contributed by atoms with E-state index < -0.39 is 10.1 Å². The molecule has 0 aliphatic rings. The smallest absolute Gasteiger partial charge is 0.254 e. The van der Waals surface area contributed by atoms with Gasteiger partial charge < -0.3 is 4.55 Å². The Morgan fingerprint density at radius 3 is 1.81 bits per heavy atom. The Labute approximate surface area is 129 Å². The highest BCUT2D eigenvalue weighted by atomic mass is 32.2. The topological polar surface area (TPSA) is 87.1 Å². The van der Waals surface area contributed by atoms with Crippen LogP contribution in [0.1, 0.15) is 27.3 Å². The normalized spacial score (nSPS) is 11.0. The first-order valence-electron chi connectivity index (χ1n) is 6.29.